The third kappa shape index (κ3) is 4.66. The van der Waals surface area contributed by atoms with Gasteiger partial charge in [0, 0.05) is 42.0 Å². The highest BCUT2D eigenvalue weighted by molar-refractivity contribution is 5.97. The molecule has 0 spiro atoms. The minimum Gasteiger partial charge on any atom is -0.494 e. The summed E-state index contributed by atoms with van der Waals surface area (Å²) in [7, 11) is 1.45. The number of aromatic nitrogens is 2. The van der Waals surface area contributed by atoms with Crippen LogP contribution >= 0.6 is 0 Å². The molecule has 0 saturated carbocycles. The Morgan fingerprint density at radius 1 is 1.26 bits per heavy atom. The van der Waals surface area contributed by atoms with Gasteiger partial charge in [0.25, 0.3) is 0 Å². The Labute approximate surface area is 204 Å². The van der Waals surface area contributed by atoms with E-state index < -0.39 is 11.4 Å². The van der Waals surface area contributed by atoms with Crippen LogP contribution in [0.3, 0.4) is 0 Å². The quantitative estimate of drug-likeness (QED) is 0.517. The van der Waals surface area contributed by atoms with E-state index in [1.54, 1.807) is 32.2 Å². The second-order valence-electron chi connectivity index (χ2n) is 10.1. The summed E-state index contributed by atoms with van der Waals surface area (Å²) in [4.78, 5) is 23.7. The Hall–Kier alpha value is -3.30. The maximum Gasteiger partial charge on any atom is 0.245 e. The first-order valence-electron chi connectivity index (χ1n) is 11.9. The first kappa shape index (κ1) is 23.4. The molecule has 184 valence electrons. The SMILES string of the molecule is COc1cc2nc(-c3ccc(NC(=O)C(C)(C)N)nc3)cc(N3C[C@H]4CNCC[C@H]4C3)c2cc1F. The Kier molecular flexibility index (Phi) is 6.06. The zero-order valence-electron chi connectivity index (χ0n) is 20.3. The summed E-state index contributed by atoms with van der Waals surface area (Å²) in [5.41, 5.74) is 7.98. The number of nitrogens with one attached hydrogen (secondary N) is 2. The average molecular weight is 479 g/mol. The normalized spacial score (nSPS) is 20.1. The number of hydrogen-bond acceptors (Lipinski definition) is 7. The standard InChI is InChI=1S/C26H31FN6O2/c1-26(2,28)25(34)32-24-5-4-15(12-30-24)20-9-22(33-13-16-6-7-29-11-17(16)14-33)18-8-19(27)23(35-3)10-21(18)31-20/h4-5,8-10,12,16-17,29H,6-7,11,13-14,28H2,1-3H3,(H,30,32,34)/t16-,17+/m0/s1. The van der Waals surface area contributed by atoms with Gasteiger partial charge >= 0.3 is 0 Å². The highest BCUT2D eigenvalue weighted by Gasteiger charge is 2.35. The molecule has 0 aliphatic carbocycles. The number of carbonyl (C=O) groups excluding carboxylic acids is 1. The van der Waals surface area contributed by atoms with E-state index in [9.17, 15) is 9.18 Å². The Morgan fingerprint density at radius 3 is 2.74 bits per heavy atom. The van der Waals surface area contributed by atoms with Crippen molar-refractivity contribution < 1.29 is 13.9 Å². The lowest BCUT2D eigenvalue weighted by atomic mass is 9.90. The molecule has 2 saturated heterocycles. The molecule has 5 rings (SSSR count). The summed E-state index contributed by atoms with van der Waals surface area (Å²) in [5.74, 6) is 1.06. The van der Waals surface area contributed by atoms with Gasteiger partial charge in [0.05, 0.1) is 23.9 Å². The monoisotopic (exact) mass is 478 g/mol. The highest BCUT2D eigenvalue weighted by Crippen LogP contribution is 2.38. The van der Waals surface area contributed by atoms with Gasteiger partial charge in [0.1, 0.15) is 5.82 Å². The first-order valence-corrected chi connectivity index (χ1v) is 11.9. The number of piperidine rings is 1. The number of ether oxygens (including phenoxy) is 1. The topological polar surface area (TPSA) is 105 Å². The Balaban J connectivity index is 1.53. The molecular formula is C26H31FN6O2. The fraction of sp³-hybridized carbons (Fsp3) is 0.423. The third-order valence-corrected chi connectivity index (χ3v) is 6.96. The van der Waals surface area contributed by atoms with Crippen LogP contribution in [-0.2, 0) is 4.79 Å². The fourth-order valence-electron chi connectivity index (χ4n) is 4.94. The number of methoxy groups -OCH3 is 1. The van der Waals surface area contributed by atoms with Gasteiger partial charge in [0.2, 0.25) is 5.91 Å². The van der Waals surface area contributed by atoms with E-state index in [-0.39, 0.29) is 11.7 Å². The Morgan fingerprint density at radius 2 is 2.06 bits per heavy atom. The molecule has 9 heteroatoms. The highest BCUT2D eigenvalue weighted by atomic mass is 19.1. The predicted octanol–water partition coefficient (Wildman–Crippen LogP) is 3.17. The van der Waals surface area contributed by atoms with Crippen LogP contribution in [0.25, 0.3) is 22.2 Å². The van der Waals surface area contributed by atoms with E-state index in [1.807, 2.05) is 12.1 Å². The number of amides is 1. The maximum atomic E-state index is 14.7. The molecule has 2 aromatic heterocycles. The van der Waals surface area contributed by atoms with Crippen molar-refractivity contribution in [2.75, 3.05) is 43.5 Å². The molecule has 2 atom stereocenters. The molecule has 0 radical (unpaired) electrons. The van der Waals surface area contributed by atoms with Gasteiger partial charge < -0.3 is 26.0 Å². The van der Waals surface area contributed by atoms with Crippen LogP contribution in [0.4, 0.5) is 15.9 Å². The van der Waals surface area contributed by atoms with Crippen LogP contribution in [-0.4, -0.2) is 54.7 Å². The number of carbonyl (C=O) groups is 1. The van der Waals surface area contributed by atoms with Gasteiger partial charge in [-0.3, -0.25) is 4.79 Å². The smallest absolute Gasteiger partial charge is 0.245 e. The molecular weight excluding hydrogens is 447 g/mol. The predicted molar refractivity (Wildman–Crippen MR) is 135 cm³/mol. The second-order valence-corrected chi connectivity index (χ2v) is 10.1. The zero-order chi connectivity index (χ0) is 24.7. The molecule has 8 nitrogen and oxygen atoms in total. The van der Waals surface area contributed by atoms with Gasteiger partial charge in [-0.05, 0) is 69.5 Å². The van der Waals surface area contributed by atoms with Crippen LogP contribution in [0.15, 0.2) is 36.5 Å². The van der Waals surface area contributed by atoms with Crippen LogP contribution in [0.2, 0.25) is 0 Å². The van der Waals surface area contributed by atoms with E-state index in [1.165, 1.54) is 13.2 Å². The molecule has 0 bridgehead atoms. The minimum absolute atomic E-state index is 0.160. The number of pyridine rings is 2. The van der Waals surface area contributed by atoms with E-state index in [0.717, 1.165) is 54.9 Å². The van der Waals surface area contributed by atoms with Gasteiger partial charge in [-0.1, -0.05) is 0 Å². The number of fused-ring (bicyclic) bond motifs is 2. The first-order chi connectivity index (χ1) is 16.7. The summed E-state index contributed by atoms with van der Waals surface area (Å²) in [5, 5.41) is 6.99. The summed E-state index contributed by atoms with van der Waals surface area (Å²) in [6.07, 6.45) is 2.82. The summed E-state index contributed by atoms with van der Waals surface area (Å²) in [6, 6.07) is 8.77. The molecule has 2 aliphatic heterocycles. The van der Waals surface area contributed by atoms with Crippen molar-refractivity contribution in [1.82, 2.24) is 15.3 Å². The van der Waals surface area contributed by atoms with Gasteiger partial charge in [0.15, 0.2) is 11.6 Å². The zero-order valence-corrected chi connectivity index (χ0v) is 20.3. The molecule has 35 heavy (non-hydrogen) atoms. The maximum absolute atomic E-state index is 14.7. The van der Waals surface area contributed by atoms with Crippen LogP contribution in [0.1, 0.15) is 20.3 Å². The number of nitrogens with two attached hydrogens (primary N) is 1. The van der Waals surface area contributed by atoms with Crippen molar-refractivity contribution in [1.29, 1.82) is 0 Å². The molecule has 4 heterocycles. The molecule has 2 aliphatic rings. The molecule has 1 aromatic carbocycles. The van der Waals surface area contributed by atoms with Crippen molar-refractivity contribution in [3.05, 3.63) is 42.3 Å². The second kappa shape index (κ2) is 9.05. The molecule has 0 unspecified atom stereocenters. The van der Waals surface area contributed by atoms with Crippen molar-refractivity contribution in [2.45, 2.75) is 25.8 Å². The summed E-state index contributed by atoms with van der Waals surface area (Å²) in [6.45, 7) is 7.19. The number of nitrogens with zero attached hydrogens (tertiary/aromatic N) is 3. The van der Waals surface area contributed by atoms with Gasteiger partial charge in [-0.25, -0.2) is 14.4 Å². The molecule has 2 fully saturated rings. The van der Waals surface area contributed by atoms with E-state index in [4.69, 9.17) is 15.5 Å². The largest absolute Gasteiger partial charge is 0.494 e. The van der Waals surface area contributed by atoms with Crippen molar-refractivity contribution in [3.8, 4) is 17.0 Å². The van der Waals surface area contributed by atoms with Gasteiger partial charge in [-0.2, -0.15) is 0 Å². The lowest BCUT2D eigenvalue weighted by Gasteiger charge is -2.23. The number of anilines is 2. The van der Waals surface area contributed by atoms with E-state index in [0.29, 0.717) is 23.2 Å². The number of hydrogen-bond donors (Lipinski definition) is 3. The lowest BCUT2D eigenvalue weighted by molar-refractivity contribution is -0.120. The number of rotatable bonds is 5. The number of halogens is 1. The number of benzene rings is 1. The fourth-order valence-corrected chi connectivity index (χ4v) is 4.94. The molecule has 4 N–H and O–H groups in total. The van der Waals surface area contributed by atoms with E-state index >= 15 is 0 Å². The van der Waals surface area contributed by atoms with Crippen LogP contribution in [0, 0.1) is 17.7 Å². The molecule has 1 amide bonds. The van der Waals surface area contributed by atoms with Crippen molar-refractivity contribution >= 4 is 28.3 Å². The minimum atomic E-state index is -1.01. The van der Waals surface area contributed by atoms with E-state index in [2.05, 4.69) is 20.5 Å². The van der Waals surface area contributed by atoms with Crippen molar-refractivity contribution in [2.24, 2.45) is 17.6 Å². The summed E-state index contributed by atoms with van der Waals surface area (Å²) < 4.78 is 19.9. The lowest BCUT2D eigenvalue weighted by Crippen LogP contribution is -2.45. The third-order valence-electron chi connectivity index (χ3n) is 6.96. The van der Waals surface area contributed by atoms with Gasteiger partial charge in [-0.15, -0.1) is 0 Å². The van der Waals surface area contributed by atoms with Crippen LogP contribution in [0.5, 0.6) is 5.75 Å². The summed E-state index contributed by atoms with van der Waals surface area (Å²) >= 11 is 0. The average Bonchev–Trinajstić information content (AvgIpc) is 3.27. The van der Waals surface area contributed by atoms with Crippen LogP contribution < -0.4 is 26.0 Å². The van der Waals surface area contributed by atoms with Crippen molar-refractivity contribution in [3.63, 3.8) is 0 Å². The molecule has 3 aromatic rings. The Bertz CT molecular complexity index is 1240.